The SMILES string of the molecule is COC(=O)N[C@H](C(=O)N1CC2(C=C2)C[C@H]1C1NC=C(c2ccc(-c3ccc4cc(-c5cnc([C@@H]6C[C@H](C#N)CN6C(=O)OC(C)(C)C)[nH]5)ccc4c3)cc2)N1)C(C)C. The molecule has 4 heterocycles. The highest BCUT2D eigenvalue weighted by molar-refractivity contribution is 5.91. The van der Waals surface area contributed by atoms with Crippen LogP contribution in [-0.4, -0.2) is 81.9 Å². The van der Waals surface area contributed by atoms with Crippen molar-refractivity contribution < 1.29 is 23.9 Å². The van der Waals surface area contributed by atoms with E-state index >= 15 is 0 Å². The number of carbonyl (C=O) groups is 3. The molecule has 2 fully saturated rings. The molecule has 4 N–H and O–H groups in total. The van der Waals surface area contributed by atoms with Crippen molar-refractivity contribution in [1.29, 1.82) is 5.26 Å². The molecule has 1 unspecified atom stereocenters. The Morgan fingerprint density at radius 1 is 0.966 bits per heavy atom. The first kappa shape index (κ1) is 38.6. The largest absolute Gasteiger partial charge is 0.453 e. The predicted molar refractivity (Wildman–Crippen MR) is 220 cm³/mol. The van der Waals surface area contributed by atoms with Crippen LogP contribution in [0.2, 0.25) is 0 Å². The molecule has 3 aromatic carbocycles. The highest BCUT2D eigenvalue weighted by Gasteiger charge is 2.52. The van der Waals surface area contributed by atoms with Crippen molar-refractivity contribution in [2.24, 2.45) is 17.3 Å². The number of methoxy groups -OCH3 is 1. The molecule has 2 saturated heterocycles. The molecule has 13 nitrogen and oxygen atoms in total. The van der Waals surface area contributed by atoms with Crippen molar-refractivity contribution in [3.63, 3.8) is 0 Å². The molecule has 1 spiro atoms. The fourth-order valence-electron chi connectivity index (χ4n) is 8.37. The van der Waals surface area contributed by atoms with Crippen LogP contribution in [0.3, 0.4) is 0 Å². The van der Waals surface area contributed by atoms with Gasteiger partial charge >= 0.3 is 12.2 Å². The molecular formula is C45H50N8O5. The van der Waals surface area contributed by atoms with Gasteiger partial charge in [0, 0.05) is 30.3 Å². The third-order valence-electron chi connectivity index (χ3n) is 11.6. The van der Waals surface area contributed by atoms with Gasteiger partial charge in [-0.15, -0.1) is 0 Å². The number of imidazole rings is 1. The Kier molecular flexibility index (Phi) is 9.91. The van der Waals surface area contributed by atoms with E-state index in [1.54, 1.807) is 11.1 Å². The number of ether oxygens (including phenoxy) is 2. The van der Waals surface area contributed by atoms with Crippen LogP contribution in [0.5, 0.6) is 0 Å². The maximum Gasteiger partial charge on any atom is 0.410 e. The number of H-pyrrole nitrogens is 1. The van der Waals surface area contributed by atoms with Crippen LogP contribution < -0.4 is 16.0 Å². The predicted octanol–water partition coefficient (Wildman–Crippen LogP) is 7.07. The summed E-state index contributed by atoms with van der Waals surface area (Å²) in [6.07, 6.45) is 8.15. The first-order valence-corrected chi connectivity index (χ1v) is 19.9. The molecule has 5 atom stereocenters. The molecule has 0 saturated carbocycles. The number of aromatic nitrogens is 2. The van der Waals surface area contributed by atoms with Crippen LogP contribution in [0.4, 0.5) is 9.59 Å². The van der Waals surface area contributed by atoms with Gasteiger partial charge in [-0.25, -0.2) is 14.6 Å². The van der Waals surface area contributed by atoms with Crippen LogP contribution in [0.1, 0.15) is 64.9 Å². The number of carbonyl (C=O) groups excluding carboxylic acids is 3. The van der Waals surface area contributed by atoms with Gasteiger partial charge in [0.15, 0.2) is 0 Å². The lowest BCUT2D eigenvalue weighted by Gasteiger charge is -2.34. The van der Waals surface area contributed by atoms with Crippen molar-refractivity contribution in [3.8, 4) is 28.5 Å². The number of rotatable bonds is 8. The van der Waals surface area contributed by atoms with E-state index in [4.69, 9.17) is 9.47 Å². The standard InChI is InChI=1S/C45H50N8O5/c1-26(2)38(51-42(55)57-6)41(54)53-25-45(15-16-45)20-37(53)40-48-22-34(49-40)29-9-7-28(8-10-29)30-11-12-32-19-33(14-13-31(32)18-30)35-23-47-39(50-35)36-17-27(21-46)24-52(36)43(56)58-44(3,4)5/h7-16,18-19,22-23,26-27,36-38,40,48-49H,17,20,24-25H2,1-6H3,(H,47,50)(H,51,55)/t27-,36+,37+,38+,40?/m1/s1. The van der Waals surface area contributed by atoms with Gasteiger partial charge in [-0.05, 0) is 79.1 Å². The van der Waals surface area contributed by atoms with E-state index in [1.807, 2.05) is 45.7 Å². The van der Waals surface area contributed by atoms with Crippen LogP contribution in [0.25, 0.3) is 38.9 Å². The number of benzene rings is 3. The third kappa shape index (κ3) is 7.71. The second kappa shape index (κ2) is 14.9. The van der Waals surface area contributed by atoms with Gasteiger partial charge < -0.3 is 35.3 Å². The zero-order valence-corrected chi connectivity index (χ0v) is 33.7. The summed E-state index contributed by atoms with van der Waals surface area (Å²) in [7, 11) is 1.30. The first-order chi connectivity index (χ1) is 27.7. The topological polar surface area (TPSA) is 165 Å². The van der Waals surface area contributed by atoms with Gasteiger partial charge in [-0.2, -0.15) is 5.26 Å². The average Bonchev–Trinajstić information content (AvgIpc) is 3.71. The minimum atomic E-state index is -0.686. The van der Waals surface area contributed by atoms with Crippen LogP contribution in [0.15, 0.2) is 85.2 Å². The minimum Gasteiger partial charge on any atom is -0.453 e. The Labute approximate surface area is 338 Å². The summed E-state index contributed by atoms with van der Waals surface area (Å²) < 4.78 is 10.5. The molecule has 4 aliphatic rings. The lowest BCUT2D eigenvalue weighted by molar-refractivity contribution is -0.136. The second-order valence-electron chi connectivity index (χ2n) is 17.3. The normalized spacial score (nSPS) is 22.3. The summed E-state index contributed by atoms with van der Waals surface area (Å²) in [4.78, 5) is 50.6. The van der Waals surface area contributed by atoms with Crippen LogP contribution in [-0.2, 0) is 14.3 Å². The molecule has 13 heteroatoms. The van der Waals surface area contributed by atoms with E-state index in [1.165, 1.54) is 7.11 Å². The quantitative estimate of drug-likeness (QED) is 0.137. The molecule has 300 valence electrons. The van der Waals surface area contributed by atoms with Gasteiger partial charge in [0.05, 0.1) is 48.8 Å². The Balaban J connectivity index is 0.932. The maximum absolute atomic E-state index is 13.9. The van der Waals surface area contributed by atoms with Gasteiger partial charge in [0.2, 0.25) is 5.91 Å². The monoisotopic (exact) mass is 782 g/mol. The summed E-state index contributed by atoms with van der Waals surface area (Å²) in [6, 6.07) is 22.3. The smallest absolute Gasteiger partial charge is 0.410 e. The summed E-state index contributed by atoms with van der Waals surface area (Å²) in [5, 5.41) is 21.7. The number of amides is 3. The number of likely N-dealkylation sites (tertiary alicyclic amines) is 2. The average molecular weight is 783 g/mol. The molecule has 8 rings (SSSR count). The van der Waals surface area contributed by atoms with Crippen molar-refractivity contribution >= 4 is 34.6 Å². The highest BCUT2D eigenvalue weighted by atomic mass is 16.6. The van der Waals surface area contributed by atoms with Gasteiger partial charge in [0.25, 0.3) is 0 Å². The van der Waals surface area contributed by atoms with E-state index in [0.29, 0.717) is 25.3 Å². The van der Waals surface area contributed by atoms with E-state index < -0.39 is 23.8 Å². The number of nitriles is 1. The first-order valence-electron chi connectivity index (χ1n) is 19.9. The number of hydrogen-bond donors (Lipinski definition) is 4. The number of nitrogens with one attached hydrogen (secondary N) is 4. The zero-order valence-electron chi connectivity index (χ0n) is 33.7. The summed E-state index contributed by atoms with van der Waals surface area (Å²) in [6.45, 7) is 10.2. The van der Waals surface area contributed by atoms with E-state index in [9.17, 15) is 19.6 Å². The van der Waals surface area contributed by atoms with Crippen molar-refractivity contribution in [2.75, 3.05) is 20.2 Å². The Morgan fingerprint density at radius 2 is 1.64 bits per heavy atom. The van der Waals surface area contributed by atoms with Gasteiger partial charge in [-0.1, -0.05) is 74.5 Å². The summed E-state index contributed by atoms with van der Waals surface area (Å²) in [5.41, 5.74) is 5.23. The number of hydrogen-bond acceptors (Lipinski definition) is 9. The van der Waals surface area contributed by atoms with Crippen molar-refractivity contribution in [3.05, 3.63) is 96.6 Å². The number of fused-ring (bicyclic) bond motifs is 1. The van der Waals surface area contributed by atoms with E-state index in [-0.39, 0.29) is 41.4 Å². The molecule has 0 radical (unpaired) electrons. The number of alkyl carbamates (subject to hydrolysis) is 1. The number of aromatic amines is 1. The van der Waals surface area contributed by atoms with E-state index in [0.717, 1.165) is 50.8 Å². The molecule has 1 aliphatic carbocycles. The molecule has 58 heavy (non-hydrogen) atoms. The summed E-state index contributed by atoms with van der Waals surface area (Å²) in [5.74, 6) is 0.131. The Morgan fingerprint density at radius 3 is 2.29 bits per heavy atom. The number of nitrogens with zero attached hydrogens (tertiary/aromatic N) is 4. The van der Waals surface area contributed by atoms with Crippen molar-refractivity contribution in [1.82, 2.24) is 35.7 Å². The molecule has 4 aromatic rings. The van der Waals surface area contributed by atoms with Gasteiger partial charge in [0.1, 0.15) is 23.6 Å². The van der Waals surface area contributed by atoms with Crippen LogP contribution >= 0.6 is 0 Å². The Bertz CT molecular complexity index is 2350. The third-order valence-corrected chi connectivity index (χ3v) is 11.6. The van der Waals surface area contributed by atoms with Crippen LogP contribution in [0, 0.1) is 28.6 Å². The van der Waals surface area contributed by atoms with Gasteiger partial charge in [-0.3, -0.25) is 9.69 Å². The molecule has 3 aliphatic heterocycles. The highest BCUT2D eigenvalue weighted by Crippen LogP contribution is 2.48. The summed E-state index contributed by atoms with van der Waals surface area (Å²) >= 11 is 0. The fourth-order valence-corrected chi connectivity index (χ4v) is 8.37. The molecular weight excluding hydrogens is 733 g/mol. The maximum atomic E-state index is 13.9. The second-order valence-corrected chi connectivity index (χ2v) is 17.3. The van der Waals surface area contributed by atoms with E-state index in [2.05, 4.69) is 105 Å². The molecule has 1 aromatic heterocycles. The fraction of sp³-hybridized carbons (Fsp3) is 0.400. The zero-order chi connectivity index (χ0) is 40.9. The lowest BCUT2D eigenvalue weighted by Crippen LogP contribution is -2.57. The lowest BCUT2D eigenvalue weighted by atomic mass is 9.98. The molecule has 0 bridgehead atoms. The van der Waals surface area contributed by atoms with Crippen molar-refractivity contribution in [2.45, 2.75) is 77.4 Å². The minimum absolute atomic E-state index is 0.0866. The molecule has 3 amide bonds. The Hall–Kier alpha value is -6.29.